The van der Waals surface area contributed by atoms with Gasteiger partial charge in [0.25, 0.3) is 5.91 Å². The zero-order valence-electron chi connectivity index (χ0n) is 9.98. The number of rotatable bonds is 1. The van der Waals surface area contributed by atoms with Crippen LogP contribution in [0.15, 0.2) is 18.2 Å². The highest BCUT2D eigenvalue weighted by atomic mass is 127. The van der Waals surface area contributed by atoms with Crippen LogP contribution in [-0.2, 0) is 16.1 Å². The molecule has 0 aliphatic carbocycles. The van der Waals surface area contributed by atoms with Crippen molar-refractivity contribution in [2.45, 2.75) is 25.4 Å². The first kappa shape index (κ1) is 12.6. The monoisotopic (exact) mass is 370 g/mol. The van der Waals surface area contributed by atoms with Crippen molar-refractivity contribution in [1.29, 1.82) is 0 Å². The summed E-state index contributed by atoms with van der Waals surface area (Å²) in [5, 5.41) is 2.29. The van der Waals surface area contributed by atoms with Gasteiger partial charge in [-0.15, -0.1) is 0 Å². The second-order valence-corrected chi connectivity index (χ2v) is 5.83. The van der Waals surface area contributed by atoms with Crippen LogP contribution in [0.5, 0.6) is 0 Å². The molecule has 1 N–H and O–H groups in total. The van der Waals surface area contributed by atoms with E-state index in [0.29, 0.717) is 18.5 Å². The number of nitrogens with zero attached hydrogens (tertiary/aromatic N) is 1. The van der Waals surface area contributed by atoms with E-state index in [1.807, 2.05) is 12.1 Å². The summed E-state index contributed by atoms with van der Waals surface area (Å²) in [7, 11) is 0. The molecule has 19 heavy (non-hydrogen) atoms. The maximum absolute atomic E-state index is 12.3. The lowest BCUT2D eigenvalue weighted by Crippen LogP contribution is -2.52. The Balaban J connectivity index is 1.90. The zero-order chi connectivity index (χ0) is 13.6. The van der Waals surface area contributed by atoms with E-state index in [-0.39, 0.29) is 24.1 Å². The summed E-state index contributed by atoms with van der Waals surface area (Å²) in [6.45, 7) is 0.444. The first-order valence-corrected chi connectivity index (χ1v) is 7.08. The molecule has 2 heterocycles. The number of carbonyl (C=O) groups is 3. The zero-order valence-corrected chi connectivity index (χ0v) is 12.1. The second-order valence-electron chi connectivity index (χ2n) is 4.67. The fraction of sp³-hybridized carbons (Fsp3) is 0.308. The van der Waals surface area contributed by atoms with Crippen LogP contribution in [-0.4, -0.2) is 28.7 Å². The molecule has 0 radical (unpaired) electrons. The smallest absolute Gasteiger partial charge is 0.255 e. The number of carbonyl (C=O) groups excluding carboxylic acids is 3. The van der Waals surface area contributed by atoms with Gasteiger partial charge in [0.05, 0.1) is 0 Å². The molecule has 2 aliphatic rings. The molecule has 1 unspecified atom stereocenters. The molecular weight excluding hydrogens is 359 g/mol. The lowest BCUT2D eigenvalue weighted by molar-refractivity contribution is -0.136. The van der Waals surface area contributed by atoms with Gasteiger partial charge in [-0.2, -0.15) is 0 Å². The van der Waals surface area contributed by atoms with E-state index in [9.17, 15) is 14.4 Å². The molecular formula is C13H11IN2O3. The van der Waals surface area contributed by atoms with Gasteiger partial charge in [0.1, 0.15) is 6.04 Å². The van der Waals surface area contributed by atoms with Crippen molar-refractivity contribution in [2.75, 3.05) is 0 Å². The van der Waals surface area contributed by atoms with Gasteiger partial charge < -0.3 is 4.90 Å². The molecule has 5 nitrogen and oxygen atoms in total. The highest BCUT2D eigenvalue weighted by Crippen LogP contribution is 2.30. The van der Waals surface area contributed by atoms with E-state index in [2.05, 4.69) is 27.9 Å². The minimum absolute atomic E-state index is 0.122. The first-order chi connectivity index (χ1) is 9.08. The van der Waals surface area contributed by atoms with Crippen LogP contribution in [0.1, 0.15) is 28.8 Å². The molecule has 0 spiro atoms. The molecule has 1 fully saturated rings. The Morgan fingerprint density at radius 3 is 2.74 bits per heavy atom. The van der Waals surface area contributed by atoms with Crippen molar-refractivity contribution >= 4 is 40.3 Å². The molecule has 6 heteroatoms. The average molecular weight is 370 g/mol. The van der Waals surface area contributed by atoms with Gasteiger partial charge >= 0.3 is 0 Å². The largest absolute Gasteiger partial charge is 0.322 e. The highest BCUT2D eigenvalue weighted by Gasteiger charge is 2.39. The third-order valence-corrected chi connectivity index (χ3v) is 4.54. The highest BCUT2D eigenvalue weighted by molar-refractivity contribution is 14.1. The summed E-state index contributed by atoms with van der Waals surface area (Å²) >= 11 is 2.19. The number of benzene rings is 1. The Morgan fingerprint density at radius 1 is 1.26 bits per heavy atom. The summed E-state index contributed by atoms with van der Waals surface area (Å²) in [6, 6.07) is 5.03. The van der Waals surface area contributed by atoms with Gasteiger partial charge in [-0.1, -0.05) is 6.07 Å². The number of imide groups is 1. The van der Waals surface area contributed by atoms with Gasteiger partial charge in [0, 0.05) is 22.1 Å². The normalized spacial score (nSPS) is 22.5. The van der Waals surface area contributed by atoms with Gasteiger partial charge in [0.2, 0.25) is 11.8 Å². The quantitative estimate of drug-likeness (QED) is 0.594. The van der Waals surface area contributed by atoms with Gasteiger partial charge in [-0.05, 0) is 46.7 Å². The lowest BCUT2D eigenvalue weighted by atomic mass is 10.0. The van der Waals surface area contributed by atoms with Crippen molar-refractivity contribution in [3.8, 4) is 0 Å². The van der Waals surface area contributed by atoms with Crippen LogP contribution >= 0.6 is 22.6 Å². The SMILES string of the molecule is O=C1CCC(N2Cc3c(I)cccc3C2=O)C(=O)N1. The molecule has 1 aromatic rings. The Hall–Kier alpha value is -1.44. The number of hydrogen-bond donors (Lipinski definition) is 1. The standard InChI is InChI=1S/C13H11IN2O3/c14-9-3-1-2-7-8(9)6-16(13(7)19)10-4-5-11(17)15-12(10)18/h1-3,10H,4-6H2,(H,15,17,18). The van der Waals surface area contributed by atoms with Crippen LogP contribution in [0.4, 0.5) is 0 Å². The number of fused-ring (bicyclic) bond motifs is 1. The summed E-state index contributed by atoms with van der Waals surface area (Å²) in [6.07, 6.45) is 0.689. The molecule has 98 valence electrons. The molecule has 0 aromatic heterocycles. The van der Waals surface area contributed by atoms with Crippen molar-refractivity contribution in [3.05, 3.63) is 32.9 Å². The van der Waals surface area contributed by atoms with Crippen LogP contribution in [0.25, 0.3) is 0 Å². The van der Waals surface area contributed by atoms with Crippen molar-refractivity contribution in [1.82, 2.24) is 10.2 Å². The predicted molar refractivity (Wildman–Crippen MR) is 75.2 cm³/mol. The molecule has 0 bridgehead atoms. The number of amides is 3. The van der Waals surface area contributed by atoms with E-state index in [4.69, 9.17) is 0 Å². The van der Waals surface area contributed by atoms with E-state index < -0.39 is 6.04 Å². The molecule has 2 aliphatic heterocycles. The number of nitrogens with one attached hydrogen (secondary N) is 1. The van der Waals surface area contributed by atoms with Gasteiger partial charge in [0.15, 0.2) is 0 Å². The maximum atomic E-state index is 12.3. The van der Waals surface area contributed by atoms with E-state index >= 15 is 0 Å². The first-order valence-electron chi connectivity index (χ1n) is 6.00. The Morgan fingerprint density at radius 2 is 2.05 bits per heavy atom. The Kier molecular flexibility index (Phi) is 3.04. The van der Waals surface area contributed by atoms with Crippen molar-refractivity contribution < 1.29 is 14.4 Å². The third-order valence-electron chi connectivity index (χ3n) is 3.52. The summed E-state index contributed by atoms with van der Waals surface area (Å²) in [5.74, 6) is -0.754. The fourth-order valence-corrected chi connectivity index (χ4v) is 3.22. The summed E-state index contributed by atoms with van der Waals surface area (Å²) < 4.78 is 1.03. The molecule has 1 aromatic carbocycles. The third kappa shape index (κ3) is 2.03. The minimum Gasteiger partial charge on any atom is -0.322 e. The molecule has 3 amide bonds. The van der Waals surface area contributed by atoms with Crippen LogP contribution in [0, 0.1) is 3.57 Å². The van der Waals surface area contributed by atoms with E-state index in [0.717, 1.165) is 9.13 Å². The van der Waals surface area contributed by atoms with E-state index in [1.54, 1.807) is 11.0 Å². The topological polar surface area (TPSA) is 66.5 Å². The van der Waals surface area contributed by atoms with Gasteiger partial charge in [-0.25, -0.2) is 0 Å². The van der Waals surface area contributed by atoms with E-state index in [1.165, 1.54) is 0 Å². The number of hydrogen-bond acceptors (Lipinski definition) is 3. The second kappa shape index (κ2) is 4.59. The number of piperidine rings is 1. The predicted octanol–water partition coefficient (Wildman–Crippen LogP) is 1.05. The van der Waals surface area contributed by atoms with Crippen LogP contribution < -0.4 is 5.32 Å². The van der Waals surface area contributed by atoms with Crippen molar-refractivity contribution in [3.63, 3.8) is 0 Å². The Bertz CT molecular complexity index is 600. The molecule has 1 saturated heterocycles. The average Bonchev–Trinajstić information content (AvgIpc) is 2.69. The summed E-state index contributed by atoms with van der Waals surface area (Å²) in [4.78, 5) is 36.9. The van der Waals surface area contributed by atoms with Crippen LogP contribution in [0.2, 0.25) is 0 Å². The number of halogens is 1. The maximum Gasteiger partial charge on any atom is 0.255 e. The molecule has 1 atom stereocenters. The minimum atomic E-state index is -0.534. The molecule has 3 rings (SSSR count). The fourth-order valence-electron chi connectivity index (χ4n) is 2.55. The van der Waals surface area contributed by atoms with Crippen molar-refractivity contribution in [2.24, 2.45) is 0 Å². The Labute approximate surface area is 123 Å². The molecule has 0 saturated carbocycles. The lowest BCUT2D eigenvalue weighted by Gasteiger charge is -2.29. The van der Waals surface area contributed by atoms with Gasteiger partial charge in [-0.3, -0.25) is 19.7 Å². The van der Waals surface area contributed by atoms with Crippen LogP contribution in [0.3, 0.4) is 0 Å². The summed E-state index contributed by atoms with van der Waals surface area (Å²) in [5.41, 5.74) is 1.63.